The number of pyridine rings is 1. The molecule has 1 atom stereocenters. The van der Waals surface area contributed by atoms with E-state index in [-0.39, 0.29) is 18.3 Å². The normalized spacial score (nSPS) is 17.0. The molecule has 2 aromatic carbocycles. The maximum Gasteiger partial charge on any atom is 0.338 e. The van der Waals surface area contributed by atoms with E-state index < -0.39 is 0 Å². The van der Waals surface area contributed by atoms with Gasteiger partial charge in [0.05, 0.1) is 18.3 Å². The number of para-hydroxylation sites is 1. The number of aliphatic hydroxyl groups excluding tert-OH is 1. The lowest BCUT2D eigenvalue weighted by Gasteiger charge is -2.41. The number of hydrogen-bond acceptors (Lipinski definition) is 7. The van der Waals surface area contributed by atoms with Crippen molar-refractivity contribution in [2.75, 3.05) is 49.5 Å². The Hall–Kier alpha value is -3.42. The molecule has 0 bridgehead atoms. The van der Waals surface area contributed by atoms with Gasteiger partial charge >= 0.3 is 5.63 Å². The van der Waals surface area contributed by atoms with Gasteiger partial charge in [0.15, 0.2) is 0 Å². The fourth-order valence-electron chi connectivity index (χ4n) is 4.67. The molecule has 170 valence electrons. The molecule has 0 aliphatic carbocycles. The molecule has 0 radical (unpaired) electrons. The van der Waals surface area contributed by atoms with Gasteiger partial charge < -0.3 is 19.7 Å². The molecule has 1 unspecified atom stereocenters. The van der Waals surface area contributed by atoms with E-state index in [1.807, 2.05) is 42.6 Å². The van der Waals surface area contributed by atoms with Gasteiger partial charge in [-0.05, 0) is 30.0 Å². The number of anilines is 2. The van der Waals surface area contributed by atoms with E-state index in [2.05, 4.69) is 32.2 Å². The van der Waals surface area contributed by atoms with Gasteiger partial charge in [-0.1, -0.05) is 36.4 Å². The van der Waals surface area contributed by atoms with Crippen molar-refractivity contribution in [3.05, 3.63) is 77.3 Å². The fourth-order valence-corrected chi connectivity index (χ4v) is 4.67. The van der Waals surface area contributed by atoms with E-state index in [9.17, 15) is 9.90 Å². The first-order valence-electron chi connectivity index (χ1n) is 11.4. The van der Waals surface area contributed by atoms with Crippen molar-refractivity contribution in [1.29, 1.82) is 0 Å². The predicted octanol–water partition coefficient (Wildman–Crippen LogP) is 3.33. The molecule has 4 aromatic rings. The summed E-state index contributed by atoms with van der Waals surface area (Å²) in [6.45, 7) is 4.20. The molecule has 5 rings (SSSR count). The number of nitrogens with one attached hydrogen (secondary N) is 1. The Kier molecular flexibility index (Phi) is 6.24. The molecule has 1 aliphatic heterocycles. The van der Waals surface area contributed by atoms with Crippen LogP contribution in [0.4, 0.5) is 11.5 Å². The van der Waals surface area contributed by atoms with Crippen molar-refractivity contribution in [2.45, 2.75) is 12.5 Å². The van der Waals surface area contributed by atoms with Crippen LogP contribution in [0.3, 0.4) is 0 Å². The van der Waals surface area contributed by atoms with Gasteiger partial charge in [0.25, 0.3) is 0 Å². The van der Waals surface area contributed by atoms with E-state index in [0.29, 0.717) is 5.58 Å². The molecule has 2 N–H and O–H groups in total. The average molecular weight is 445 g/mol. The Morgan fingerprint density at radius 1 is 1.06 bits per heavy atom. The van der Waals surface area contributed by atoms with Crippen molar-refractivity contribution < 1.29 is 9.52 Å². The zero-order valence-electron chi connectivity index (χ0n) is 18.5. The van der Waals surface area contributed by atoms with E-state index >= 15 is 0 Å². The lowest BCUT2D eigenvalue weighted by molar-refractivity contribution is 0.111. The molecule has 1 saturated heterocycles. The summed E-state index contributed by atoms with van der Waals surface area (Å²) in [5.74, 6) is 0.989. The maximum atomic E-state index is 11.8. The van der Waals surface area contributed by atoms with Gasteiger partial charge in [0.2, 0.25) is 0 Å². The summed E-state index contributed by atoms with van der Waals surface area (Å²) < 4.78 is 5.26. The van der Waals surface area contributed by atoms with Gasteiger partial charge in [-0.15, -0.1) is 0 Å². The van der Waals surface area contributed by atoms with Crippen LogP contribution in [-0.4, -0.2) is 60.4 Å². The molecule has 1 fully saturated rings. The summed E-state index contributed by atoms with van der Waals surface area (Å²) in [5, 5.41) is 16.7. The minimum atomic E-state index is -0.352. The largest absolute Gasteiger partial charge is 0.423 e. The van der Waals surface area contributed by atoms with Gasteiger partial charge in [0.1, 0.15) is 11.4 Å². The lowest BCUT2D eigenvalue weighted by atomic mass is 10.1. The monoisotopic (exact) mass is 444 g/mol. The Labute approximate surface area is 192 Å². The summed E-state index contributed by atoms with van der Waals surface area (Å²) in [6, 6.07) is 19.4. The molecule has 7 heteroatoms. The number of aromatic nitrogens is 1. The Morgan fingerprint density at radius 3 is 2.76 bits per heavy atom. The lowest BCUT2D eigenvalue weighted by Crippen LogP contribution is -2.55. The number of hydrogen-bond donors (Lipinski definition) is 2. The maximum absolute atomic E-state index is 11.8. The minimum absolute atomic E-state index is 0.0594. The molecule has 0 amide bonds. The zero-order valence-corrected chi connectivity index (χ0v) is 18.5. The van der Waals surface area contributed by atoms with E-state index in [1.165, 1.54) is 11.5 Å². The van der Waals surface area contributed by atoms with Crippen LogP contribution in [0.25, 0.3) is 21.7 Å². The third-order valence-corrected chi connectivity index (χ3v) is 6.36. The molecule has 0 saturated carbocycles. The summed E-state index contributed by atoms with van der Waals surface area (Å²) in [6.07, 6.45) is 2.76. The highest BCUT2D eigenvalue weighted by atomic mass is 16.4. The second-order valence-corrected chi connectivity index (χ2v) is 8.43. The van der Waals surface area contributed by atoms with Crippen molar-refractivity contribution in [3.63, 3.8) is 0 Å². The standard InChI is InChI=1S/C26H28N4O3/c31-18-20-17-30(26-21-7-2-1-6-19(21)10-12-28-26)15-14-29(20)13-5-11-27-23-16-25(32)33-24-9-4-3-8-22(23)24/h1-4,6-10,12,16,20,27,31H,5,11,13-15,17-18H2. The van der Waals surface area contributed by atoms with Crippen molar-refractivity contribution in [1.82, 2.24) is 9.88 Å². The molecule has 7 nitrogen and oxygen atoms in total. The summed E-state index contributed by atoms with van der Waals surface area (Å²) in [4.78, 5) is 21.1. The van der Waals surface area contributed by atoms with Crippen LogP contribution in [0.1, 0.15) is 6.42 Å². The molecular weight excluding hydrogens is 416 g/mol. The quantitative estimate of drug-likeness (QED) is 0.334. The smallest absolute Gasteiger partial charge is 0.338 e. The van der Waals surface area contributed by atoms with Crippen molar-refractivity contribution >= 4 is 33.2 Å². The van der Waals surface area contributed by atoms with Crippen LogP contribution in [0, 0.1) is 0 Å². The third-order valence-electron chi connectivity index (χ3n) is 6.36. The van der Waals surface area contributed by atoms with Crippen LogP contribution in [-0.2, 0) is 0 Å². The van der Waals surface area contributed by atoms with Crippen LogP contribution in [0.5, 0.6) is 0 Å². The molecule has 33 heavy (non-hydrogen) atoms. The van der Waals surface area contributed by atoms with Crippen LogP contribution < -0.4 is 15.8 Å². The predicted molar refractivity (Wildman–Crippen MR) is 132 cm³/mol. The van der Waals surface area contributed by atoms with E-state index in [0.717, 1.165) is 61.4 Å². The SMILES string of the molecule is O=c1cc(NCCCN2CCN(c3nccc4ccccc34)CC2CO)c2ccccc2o1. The molecule has 3 heterocycles. The van der Waals surface area contributed by atoms with Crippen LogP contribution >= 0.6 is 0 Å². The summed E-state index contributed by atoms with van der Waals surface area (Å²) in [7, 11) is 0. The molecular formula is C26H28N4O3. The van der Waals surface area contributed by atoms with Gasteiger partial charge in [0, 0.05) is 55.8 Å². The molecule has 2 aromatic heterocycles. The summed E-state index contributed by atoms with van der Waals surface area (Å²) >= 11 is 0. The first-order valence-corrected chi connectivity index (χ1v) is 11.4. The second kappa shape index (κ2) is 9.60. The van der Waals surface area contributed by atoms with Crippen molar-refractivity contribution in [2.24, 2.45) is 0 Å². The number of rotatable bonds is 7. The van der Waals surface area contributed by atoms with Gasteiger partial charge in [-0.25, -0.2) is 9.78 Å². The Balaban J connectivity index is 1.20. The average Bonchev–Trinajstić information content (AvgIpc) is 2.86. The highest BCUT2D eigenvalue weighted by Crippen LogP contribution is 2.26. The Morgan fingerprint density at radius 2 is 1.88 bits per heavy atom. The minimum Gasteiger partial charge on any atom is -0.423 e. The number of nitrogens with zero attached hydrogens (tertiary/aromatic N) is 3. The first kappa shape index (κ1) is 21.4. The Bertz CT molecular complexity index is 1300. The highest BCUT2D eigenvalue weighted by Gasteiger charge is 2.27. The summed E-state index contributed by atoms with van der Waals surface area (Å²) in [5.41, 5.74) is 1.04. The van der Waals surface area contributed by atoms with E-state index in [1.54, 1.807) is 6.07 Å². The molecule has 1 aliphatic rings. The number of fused-ring (bicyclic) bond motifs is 2. The number of piperazine rings is 1. The topological polar surface area (TPSA) is 81.8 Å². The number of benzene rings is 2. The van der Waals surface area contributed by atoms with Gasteiger partial charge in [-0.2, -0.15) is 0 Å². The van der Waals surface area contributed by atoms with E-state index in [4.69, 9.17) is 4.42 Å². The zero-order chi connectivity index (χ0) is 22.6. The highest BCUT2D eigenvalue weighted by molar-refractivity contribution is 5.92. The van der Waals surface area contributed by atoms with Crippen LogP contribution in [0.15, 0.2) is 76.1 Å². The van der Waals surface area contributed by atoms with Gasteiger partial charge in [-0.3, -0.25) is 4.90 Å². The fraction of sp³-hybridized carbons (Fsp3) is 0.308. The molecule has 0 spiro atoms. The first-order chi connectivity index (χ1) is 16.2. The number of aliphatic hydroxyl groups is 1. The van der Waals surface area contributed by atoms with Crippen molar-refractivity contribution in [3.8, 4) is 0 Å². The second-order valence-electron chi connectivity index (χ2n) is 8.43. The van der Waals surface area contributed by atoms with Crippen LogP contribution in [0.2, 0.25) is 0 Å². The third kappa shape index (κ3) is 4.55.